The van der Waals surface area contributed by atoms with Gasteiger partial charge in [-0.15, -0.1) is 0 Å². The van der Waals surface area contributed by atoms with Crippen molar-refractivity contribution in [1.29, 1.82) is 0 Å². The van der Waals surface area contributed by atoms with E-state index in [4.69, 9.17) is 16.3 Å². The first-order chi connectivity index (χ1) is 13.9. The van der Waals surface area contributed by atoms with Gasteiger partial charge in [0.2, 0.25) is 5.91 Å². The summed E-state index contributed by atoms with van der Waals surface area (Å²) < 4.78 is 19.7. The van der Waals surface area contributed by atoms with E-state index in [9.17, 15) is 9.18 Å². The van der Waals surface area contributed by atoms with Crippen LogP contribution in [0.1, 0.15) is 30.9 Å². The molecule has 1 aliphatic rings. The van der Waals surface area contributed by atoms with Crippen LogP contribution in [0.5, 0.6) is 5.75 Å². The second-order valence-electron chi connectivity index (χ2n) is 7.82. The topological polar surface area (TPSA) is 41.6 Å². The molecule has 3 rings (SSSR count). The molecule has 1 saturated heterocycles. The van der Waals surface area contributed by atoms with Crippen molar-refractivity contribution < 1.29 is 13.9 Å². The Bertz CT molecular complexity index is 820. The maximum atomic E-state index is 14.0. The Morgan fingerprint density at radius 3 is 2.59 bits per heavy atom. The minimum Gasteiger partial charge on any atom is -0.491 e. The summed E-state index contributed by atoms with van der Waals surface area (Å²) in [6, 6.07) is 12.6. The fourth-order valence-corrected chi connectivity index (χ4v) is 3.66. The van der Waals surface area contributed by atoms with Crippen molar-refractivity contribution in [2.75, 3.05) is 19.7 Å². The number of benzene rings is 2. The molecule has 0 aromatic heterocycles. The molecule has 1 aliphatic heterocycles. The second-order valence-corrected chi connectivity index (χ2v) is 8.26. The Kier molecular flexibility index (Phi) is 7.51. The van der Waals surface area contributed by atoms with Crippen LogP contribution in [-0.4, -0.2) is 36.5 Å². The van der Waals surface area contributed by atoms with Crippen LogP contribution in [0, 0.1) is 18.7 Å². The van der Waals surface area contributed by atoms with Crippen molar-refractivity contribution >= 4 is 17.5 Å². The van der Waals surface area contributed by atoms with Gasteiger partial charge in [0.25, 0.3) is 0 Å². The van der Waals surface area contributed by atoms with Crippen molar-refractivity contribution in [3.63, 3.8) is 0 Å². The lowest BCUT2D eigenvalue weighted by atomic mass is 9.95. The largest absolute Gasteiger partial charge is 0.491 e. The number of carbonyl (C=O) groups excluding carboxylic acids is 1. The summed E-state index contributed by atoms with van der Waals surface area (Å²) in [5.41, 5.74) is 1.82. The van der Waals surface area contributed by atoms with E-state index in [0.29, 0.717) is 23.7 Å². The third-order valence-electron chi connectivity index (χ3n) is 5.28. The monoisotopic (exact) mass is 418 g/mol. The number of hydrogen-bond acceptors (Lipinski definition) is 3. The summed E-state index contributed by atoms with van der Waals surface area (Å²) in [5.74, 6) is 0.588. The highest BCUT2D eigenvalue weighted by molar-refractivity contribution is 6.30. The number of nitrogens with one attached hydrogen (secondary N) is 1. The van der Waals surface area contributed by atoms with E-state index in [1.165, 1.54) is 11.6 Å². The van der Waals surface area contributed by atoms with Gasteiger partial charge in [0.1, 0.15) is 18.2 Å². The lowest BCUT2D eigenvalue weighted by molar-refractivity contribution is -0.127. The Balaban J connectivity index is 1.40. The molecule has 0 spiro atoms. The van der Waals surface area contributed by atoms with Crippen LogP contribution in [-0.2, 0) is 11.3 Å². The number of aryl methyl sites for hydroxylation is 1. The molecule has 1 amide bonds. The van der Waals surface area contributed by atoms with Crippen molar-refractivity contribution in [3.8, 4) is 5.75 Å². The number of rotatable bonds is 7. The van der Waals surface area contributed by atoms with E-state index in [-0.39, 0.29) is 23.7 Å². The average Bonchev–Trinajstić information content (AvgIpc) is 2.70. The van der Waals surface area contributed by atoms with E-state index in [2.05, 4.69) is 10.2 Å². The summed E-state index contributed by atoms with van der Waals surface area (Å²) in [4.78, 5) is 14.7. The SMILES string of the molecule is Cc1ccc(OC[C@H](C)NC(=O)C2CCN(Cc3ccc(Cl)cc3F)CC2)cc1. The molecule has 2 aromatic rings. The van der Waals surface area contributed by atoms with Crippen molar-refractivity contribution in [2.45, 2.75) is 39.3 Å². The van der Waals surface area contributed by atoms with Crippen LogP contribution in [0.15, 0.2) is 42.5 Å². The number of nitrogens with zero attached hydrogens (tertiary/aromatic N) is 1. The van der Waals surface area contributed by atoms with Gasteiger partial charge >= 0.3 is 0 Å². The highest BCUT2D eigenvalue weighted by atomic mass is 35.5. The fraction of sp³-hybridized carbons (Fsp3) is 0.435. The van der Waals surface area contributed by atoms with Crippen LogP contribution in [0.4, 0.5) is 4.39 Å². The minimum atomic E-state index is -0.278. The molecular formula is C23H28ClFN2O2. The average molecular weight is 419 g/mol. The normalized spacial score (nSPS) is 16.4. The Morgan fingerprint density at radius 1 is 1.24 bits per heavy atom. The Morgan fingerprint density at radius 2 is 1.93 bits per heavy atom. The molecule has 0 bridgehead atoms. The van der Waals surface area contributed by atoms with E-state index in [1.54, 1.807) is 12.1 Å². The zero-order valence-electron chi connectivity index (χ0n) is 17.0. The van der Waals surface area contributed by atoms with E-state index < -0.39 is 0 Å². The second kappa shape index (κ2) is 10.1. The molecule has 4 nitrogen and oxygen atoms in total. The minimum absolute atomic E-state index is 0.0110. The van der Waals surface area contributed by atoms with Crippen molar-refractivity contribution in [1.82, 2.24) is 10.2 Å². The van der Waals surface area contributed by atoms with Gasteiger partial charge in [0.15, 0.2) is 0 Å². The van der Waals surface area contributed by atoms with Gasteiger partial charge in [-0.25, -0.2) is 4.39 Å². The fourth-order valence-electron chi connectivity index (χ4n) is 3.50. The summed E-state index contributed by atoms with van der Waals surface area (Å²) in [5, 5.41) is 3.46. The van der Waals surface area contributed by atoms with Gasteiger partial charge in [0.05, 0.1) is 6.04 Å². The van der Waals surface area contributed by atoms with Crippen molar-refractivity contribution in [3.05, 3.63) is 64.4 Å². The maximum Gasteiger partial charge on any atom is 0.223 e. The first-order valence-corrected chi connectivity index (χ1v) is 10.4. The highest BCUT2D eigenvalue weighted by Crippen LogP contribution is 2.22. The predicted molar refractivity (Wildman–Crippen MR) is 114 cm³/mol. The van der Waals surface area contributed by atoms with Gasteiger partial charge in [-0.1, -0.05) is 35.4 Å². The predicted octanol–water partition coefficient (Wildman–Crippen LogP) is 4.58. The Labute approximate surface area is 177 Å². The smallest absolute Gasteiger partial charge is 0.223 e. The maximum absolute atomic E-state index is 14.0. The molecule has 6 heteroatoms. The summed E-state index contributed by atoms with van der Waals surface area (Å²) >= 11 is 5.81. The van der Waals surface area contributed by atoms with Crippen LogP contribution >= 0.6 is 11.6 Å². The molecule has 1 fully saturated rings. The van der Waals surface area contributed by atoms with E-state index in [0.717, 1.165) is 31.7 Å². The molecule has 1 atom stereocenters. The van der Waals surface area contributed by atoms with Gasteiger partial charge in [0, 0.05) is 23.0 Å². The number of amides is 1. The van der Waals surface area contributed by atoms with Gasteiger partial charge in [-0.2, -0.15) is 0 Å². The summed E-state index contributed by atoms with van der Waals surface area (Å²) in [6.45, 7) is 6.50. The molecular weight excluding hydrogens is 391 g/mol. The van der Waals surface area contributed by atoms with Crippen LogP contribution in [0.2, 0.25) is 5.02 Å². The number of piperidine rings is 1. The summed E-state index contributed by atoms with van der Waals surface area (Å²) in [6.07, 6.45) is 1.54. The van der Waals surface area contributed by atoms with Crippen molar-refractivity contribution in [2.24, 2.45) is 5.92 Å². The lowest BCUT2D eigenvalue weighted by Gasteiger charge is -2.32. The molecule has 0 saturated carbocycles. The van der Waals surface area contributed by atoms with Gasteiger partial charge in [-0.05, 0) is 64.0 Å². The van der Waals surface area contributed by atoms with Crippen LogP contribution in [0.25, 0.3) is 0 Å². The molecule has 1 heterocycles. The third kappa shape index (κ3) is 6.44. The number of halogens is 2. The molecule has 0 radical (unpaired) electrons. The zero-order chi connectivity index (χ0) is 20.8. The number of hydrogen-bond donors (Lipinski definition) is 1. The van der Waals surface area contributed by atoms with Gasteiger partial charge in [-0.3, -0.25) is 9.69 Å². The number of carbonyl (C=O) groups is 1. The molecule has 0 aliphatic carbocycles. The number of likely N-dealkylation sites (tertiary alicyclic amines) is 1. The van der Waals surface area contributed by atoms with E-state index in [1.807, 2.05) is 38.1 Å². The molecule has 0 unspecified atom stereocenters. The first-order valence-electron chi connectivity index (χ1n) is 10.1. The highest BCUT2D eigenvalue weighted by Gasteiger charge is 2.26. The lowest BCUT2D eigenvalue weighted by Crippen LogP contribution is -2.44. The molecule has 2 aromatic carbocycles. The number of ether oxygens (including phenoxy) is 1. The van der Waals surface area contributed by atoms with E-state index >= 15 is 0 Å². The quantitative estimate of drug-likeness (QED) is 0.715. The summed E-state index contributed by atoms with van der Waals surface area (Å²) in [7, 11) is 0. The zero-order valence-corrected chi connectivity index (χ0v) is 17.7. The molecule has 156 valence electrons. The standard InChI is InChI=1S/C23H28ClFN2O2/c1-16-3-7-21(8-4-16)29-15-17(2)26-23(28)18-9-11-27(12-10-18)14-19-5-6-20(24)13-22(19)25/h3-8,13,17-18H,9-12,14-15H2,1-2H3,(H,26,28)/t17-/m0/s1. The Hall–Kier alpha value is -2.11. The van der Waals surface area contributed by atoms with Crippen LogP contribution < -0.4 is 10.1 Å². The molecule has 1 N–H and O–H groups in total. The first kappa shape index (κ1) is 21.6. The van der Waals surface area contributed by atoms with Gasteiger partial charge < -0.3 is 10.1 Å². The third-order valence-corrected chi connectivity index (χ3v) is 5.51. The van der Waals surface area contributed by atoms with Crippen LogP contribution in [0.3, 0.4) is 0 Å². The molecule has 29 heavy (non-hydrogen) atoms.